The van der Waals surface area contributed by atoms with Crippen LogP contribution in [0.1, 0.15) is 40.0 Å². The van der Waals surface area contributed by atoms with Crippen LogP contribution in [-0.4, -0.2) is 44.7 Å². The number of nitrogens with one attached hydrogen (secondary N) is 1. The molecule has 0 saturated carbocycles. The fraction of sp³-hybridized carbons (Fsp3) is 1.00. The molecule has 0 aromatic rings. The highest BCUT2D eigenvalue weighted by molar-refractivity contribution is 7.90. The molecule has 1 saturated heterocycles. The van der Waals surface area contributed by atoms with Crippen LogP contribution in [-0.2, 0) is 10.0 Å². The van der Waals surface area contributed by atoms with Crippen molar-refractivity contribution in [2.75, 3.05) is 26.2 Å². The Morgan fingerprint density at radius 3 is 2.71 bits per heavy atom. The van der Waals surface area contributed by atoms with Gasteiger partial charge in [-0.15, -0.1) is 0 Å². The third-order valence-electron chi connectivity index (χ3n) is 3.36. The van der Waals surface area contributed by atoms with Crippen molar-refractivity contribution in [1.29, 1.82) is 0 Å². The minimum Gasteiger partial charge on any atom is -0.302 e. The summed E-state index contributed by atoms with van der Waals surface area (Å²) in [5, 5.41) is -0.212. The average molecular weight is 262 g/mol. The van der Waals surface area contributed by atoms with E-state index in [4.69, 9.17) is 0 Å². The van der Waals surface area contributed by atoms with E-state index in [9.17, 15) is 8.42 Å². The third kappa shape index (κ3) is 4.56. The minimum absolute atomic E-state index is 0.212. The van der Waals surface area contributed by atoms with Crippen LogP contribution in [0.2, 0.25) is 0 Å². The van der Waals surface area contributed by atoms with E-state index in [0.717, 1.165) is 19.5 Å². The van der Waals surface area contributed by atoms with E-state index >= 15 is 0 Å². The average Bonchev–Trinajstić information content (AvgIpc) is 2.67. The first-order valence-electron chi connectivity index (χ1n) is 6.70. The normalized spacial score (nSPS) is 24.1. The fourth-order valence-corrected chi connectivity index (χ4v) is 4.02. The van der Waals surface area contributed by atoms with Gasteiger partial charge in [-0.2, -0.15) is 0 Å². The van der Waals surface area contributed by atoms with Gasteiger partial charge in [0.25, 0.3) is 0 Å². The van der Waals surface area contributed by atoms with E-state index < -0.39 is 10.0 Å². The van der Waals surface area contributed by atoms with Gasteiger partial charge in [-0.05, 0) is 25.3 Å². The zero-order valence-corrected chi connectivity index (χ0v) is 12.1. The van der Waals surface area contributed by atoms with Gasteiger partial charge in [-0.3, -0.25) is 0 Å². The van der Waals surface area contributed by atoms with Crippen LogP contribution in [0.15, 0.2) is 0 Å². The van der Waals surface area contributed by atoms with Crippen molar-refractivity contribution < 1.29 is 8.42 Å². The molecule has 0 aromatic heterocycles. The van der Waals surface area contributed by atoms with Crippen molar-refractivity contribution in [3.05, 3.63) is 0 Å². The molecule has 0 bridgehead atoms. The highest BCUT2D eigenvalue weighted by Gasteiger charge is 2.32. The second-order valence-electron chi connectivity index (χ2n) is 5.11. The Balaban J connectivity index is 2.42. The molecule has 102 valence electrons. The second-order valence-corrected chi connectivity index (χ2v) is 7.15. The van der Waals surface area contributed by atoms with Gasteiger partial charge < -0.3 is 4.90 Å². The van der Waals surface area contributed by atoms with E-state index in [1.165, 1.54) is 12.8 Å². The number of sulfonamides is 1. The summed E-state index contributed by atoms with van der Waals surface area (Å²) >= 11 is 0. The van der Waals surface area contributed by atoms with Crippen molar-refractivity contribution >= 4 is 10.0 Å². The van der Waals surface area contributed by atoms with Crippen molar-refractivity contribution in [3.63, 3.8) is 0 Å². The number of nitrogens with zero attached hydrogens (tertiary/aromatic N) is 1. The predicted octanol–water partition coefficient (Wildman–Crippen LogP) is 1.44. The summed E-state index contributed by atoms with van der Waals surface area (Å²) < 4.78 is 26.3. The maximum atomic E-state index is 11.9. The SMILES string of the molecule is CCC[C@@H](C)CN1CC[C@@H](S(=O)(=O)NCC)C1. The van der Waals surface area contributed by atoms with Crippen LogP contribution in [0.3, 0.4) is 0 Å². The van der Waals surface area contributed by atoms with Gasteiger partial charge in [-0.1, -0.05) is 27.2 Å². The van der Waals surface area contributed by atoms with Crippen molar-refractivity contribution in [1.82, 2.24) is 9.62 Å². The Morgan fingerprint density at radius 1 is 1.41 bits per heavy atom. The lowest BCUT2D eigenvalue weighted by Gasteiger charge is -2.20. The van der Waals surface area contributed by atoms with Crippen LogP contribution in [0.25, 0.3) is 0 Å². The van der Waals surface area contributed by atoms with Crippen LogP contribution in [0.4, 0.5) is 0 Å². The van der Waals surface area contributed by atoms with E-state index in [1.54, 1.807) is 0 Å². The lowest BCUT2D eigenvalue weighted by atomic mass is 10.1. The van der Waals surface area contributed by atoms with Crippen LogP contribution in [0, 0.1) is 5.92 Å². The molecule has 1 N–H and O–H groups in total. The zero-order chi connectivity index (χ0) is 12.9. The number of rotatable bonds is 7. The Kier molecular flexibility index (Phi) is 5.89. The molecular weight excluding hydrogens is 236 g/mol. The molecule has 0 aromatic carbocycles. The van der Waals surface area contributed by atoms with Gasteiger partial charge in [0, 0.05) is 19.6 Å². The Morgan fingerprint density at radius 2 is 2.12 bits per heavy atom. The Hall–Kier alpha value is -0.130. The lowest BCUT2D eigenvalue weighted by molar-refractivity contribution is 0.279. The molecule has 0 spiro atoms. The summed E-state index contributed by atoms with van der Waals surface area (Å²) in [5.74, 6) is 0.667. The summed E-state index contributed by atoms with van der Waals surface area (Å²) in [6.45, 7) is 9.41. The largest absolute Gasteiger partial charge is 0.302 e. The third-order valence-corrected chi connectivity index (χ3v) is 5.32. The molecule has 0 amide bonds. The van der Waals surface area contributed by atoms with Gasteiger partial charge in [-0.25, -0.2) is 13.1 Å². The van der Waals surface area contributed by atoms with Gasteiger partial charge >= 0.3 is 0 Å². The monoisotopic (exact) mass is 262 g/mol. The van der Waals surface area contributed by atoms with Gasteiger partial charge in [0.15, 0.2) is 0 Å². The molecule has 5 heteroatoms. The summed E-state index contributed by atoms with van der Waals surface area (Å²) in [5.41, 5.74) is 0. The lowest BCUT2D eigenvalue weighted by Crippen LogP contribution is -2.36. The molecule has 1 aliphatic rings. The van der Waals surface area contributed by atoms with Crippen molar-refractivity contribution in [2.45, 2.75) is 45.3 Å². The number of hydrogen-bond acceptors (Lipinski definition) is 3. The minimum atomic E-state index is -3.08. The van der Waals surface area contributed by atoms with E-state index in [-0.39, 0.29) is 5.25 Å². The predicted molar refractivity (Wildman–Crippen MR) is 71.5 cm³/mol. The molecule has 1 rings (SSSR count). The van der Waals surface area contributed by atoms with Gasteiger partial charge in [0.05, 0.1) is 5.25 Å². The fourth-order valence-electron chi connectivity index (χ4n) is 2.56. The standard InChI is InChI=1S/C12H26N2O2S/c1-4-6-11(3)9-14-8-7-12(10-14)17(15,16)13-5-2/h11-13H,4-10H2,1-3H3/t11-,12-/m1/s1. The molecule has 1 fully saturated rings. The maximum absolute atomic E-state index is 11.9. The zero-order valence-electron chi connectivity index (χ0n) is 11.3. The molecule has 0 unspecified atom stereocenters. The molecule has 17 heavy (non-hydrogen) atoms. The van der Waals surface area contributed by atoms with E-state index in [2.05, 4.69) is 23.5 Å². The topological polar surface area (TPSA) is 49.4 Å². The summed E-state index contributed by atoms with van der Waals surface area (Å²) in [4.78, 5) is 2.29. The van der Waals surface area contributed by atoms with Gasteiger partial charge in [0.1, 0.15) is 0 Å². The first-order chi connectivity index (χ1) is 7.99. The summed E-state index contributed by atoms with van der Waals surface area (Å²) in [6, 6.07) is 0. The molecule has 1 aliphatic heterocycles. The van der Waals surface area contributed by atoms with Crippen LogP contribution >= 0.6 is 0 Å². The van der Waals surface area contributed by atoms with Crippen LogP contribution < -0.4 is 4.72 Å². The van der Waals surface area contributed by atoms with Crippen molar-refractivity contribution in [3.8, 4) is 0 Å². The van der Waals surface area contributed by atoms with Gasteiger partial charge in [0.2, 0.25) is 10.0 Å². The molecule has 4 nitrogen and oxygen atoms in total. The van der Waals surface area contributed by atoms with Crippen LogP contribution in [0.5, 0.6) is 0 Å². The molecule has 1 heterocycles. The van der Waals surface area contributed by atoms with E-state index in [0.29, 0.717) is 19.0 Å². The Bertz CT molecular complexity index is 316. The number of likely N-dealkylation sites (tertiary alicyclic amines) is 1. The maximum Gasteiger partial charge on any atom is 0.215 e. The Labute approximate surface area is 106 Å². The summed E-state index contributed by atoms with van der Waals surface area (Å²) in [6.07, 6.45) is 3.20. The first kappa shape index (κ1) is 14.9. The quantitative estimate of drug-likeness (QED) is 0.755. The molecular formula is C12H26N2O2S. The molecule has 0 aliphatic carbocycles. The second kappa shape index (κ2) is 6.71. The summed E-state index contributed by atoms with van der Waals surface area (Å²) in [7, 11) is -3.08. The van der Waals surface area contributed by atoms with Crippen molar-refractivity contribution in [2.24, 2.45) is 5.92 Å². The molecule has 0 radical (unpaired) electrons. The highest BCUT2D eigenvalue weighted by Crippen LogP contribution is 2.18. The smallest absolute Gasteiger partial charge is 0.215 e. The first-order valence-corrected chi connectivity index (χ1v) is 8.25. The molecule has 2 atom stereocenters. The highest BCUT2D eigenvalue weighted by atomic mass is 32.2. The number of hydrogen-bond donors (Lipinski definition) is 1. The van der Waals surface area contributed by atoms with E-state index in [1.807, 2.05) is 6.92 Å².